The molecule has 0 N–H and O–H groups in total. The smallest absolute Gasteiger partial charge is 0.101 e. The van der Waals surface area contributed by atoms with Gasteiger partial charge in [0.1, 0.15) is 12.1 Å². The fourth-order valence-corrected chi connectivity index (χ4v) is 11.1. The van der Waals surface area contributed by atoms with Crippen LogP contribution in [0.15, 0.2) is 182 Å². The standard InChI is InChI=1S/C60H52N4/c1-41-36-45-37-48(63(46-22-10-8-11-23-46)55-28-18-14-20-43(55)39-61)32-30-42(45)31-34-52-50-26-16-17-27-51(50)54-38-49(33-35-53(54)57(52)60(41,58(2,3)4)59(5,6)7)64(47-24-12-9-13-25-47)56-29-19-15-21-44(56)40-62/h8-33,35-38H,1,34H2,2-7H3/b42-31-,45-36-. The summed E-state index contributed by atoms with van der Waals surface area (Å²) in [6.07, 6.45) is 5.44. The summed E-state index contributed by atoms with van der Waals surface area (Å²) < 4.78 is 0. The van der Waals surface area contributed by atoms with E-state index in [4.69, 9.17) is 6.58 Å². The predicted molar refractivity (Wildman–Crippen MR) is 268 cm³/mol. The summed E-state index contributed by atoms with van der Waals surface area (Å²) in [4.78, 5) is 4.39. The predicted octanol–water partition coefficient (Wildman–Crippen LogP) is 14.4. The van der Waals surface area contributed by atoms with Crippen molar-refractivity contribution in [1.29, 1.82) is 10.5 Å². The number of benzene rings is 8. The van der Waals surface area contributed by atoms with Crippen LogP contribution in [0, 0.1) is 33.5 Å². The van der Waals surface area contributed by atoms with E-state index in [-0.39, 0.29) is 10.8 Å². The van der Waals surface area contributed by atoms with Crippen LogP contribution >= 0.6 is 0 Å². The van der Waals surface area contributed by atoms with Gasteiger partial charge in [-0.3, -0.25) is 0 Å². The highest BCUT2D eigenvalue weighted by Crippen LogP contribution is 2.61. The van der Waals surface area contributed by atoms with Crippen molar-refractivity contribution in [3.63, 3.8) is 0 Å². The van der Waals surface area contributed by atoms with Gasteiger partial charge < -0.3 is 9.80 Å². The molecule has 64 heavy (non-hydrogen) atoms. The maximum Gasteiger partial charge on any atom is 0.101 e. The van der Waals surface area contributed by atoms with Crippen LogP contribution in [0.25, 0.3) is 33.7 Å². The molecule has 4 nitrogen and oxygen atoms in total. The van der Waals surface area contributed by atoms with Gasteiger partial charge in [0.25, 0.3) is 0 Å². The van der Waals surface area contributed by atoms with Crippen LogP contribution in [0.1, 0.15) is 63.8 Å². The van der Waals surface area contributed by atoms with E-state index >= 15 is 0 Å². The lowest BCUT2D eigenvalue weighted by atomic mass is 9.47. The first-order valence-corrected chi connectivity index (χ1v) is 22.0. The van der Waals surface area contributed by atoms with Crippen molar-refractivity contribution in [3.8, 4) is 12.1 Å². The lowest BCUT2D eigenvalue weighted by Gasteiger charge is -2.56. The minimum absolute atomic E-state index is 0.312. The lowest BCUT2D eigenvalue weighted by molar-refractivity contribution is 0.0930. The molecule has 0 heterocycles. The van der Waals surface area contributed by atoms with E-state index in [1.807, 2.05) is 84.9 Å². The summed E-state index contributed by atoms with van der Waals surface area (Å²) in [7, 11) is 0. The zero-order valence-electron chi connectivity index (χ0n) is 37.5. The quantitative estimate of drug-likeness (QED) is 0.157. The summed E-state index contributed by atoms with van der Waals surface area (Å²) in [5.41, 5.74) is 9.20. The second kappa shape index (κ2) is 16.2. The van der Waals surface area contributed by atoms with Crippen LogP contribution < -0.4 is 20.2 Å². The number of rotatable bonds is 6. The Balaban J connectivity index is 1.35. The molecule has 4 heteroatoms. The van der Waals surface area contributed by atoms with Gasteiger partial charge in [0, 0.05) is 28.2 Å². The second-order valence-corrected chi connectivity index (χ2v) is 18.9. The van der Waals surface area contributed by atoms with E-state index in [1.54, 1.807) is 0 Å². The average molecular weight is 829 g/mol. The number of hydrogen-bond donors (Lipinski definition) is 0. The number of allylic oxidation sites excluding steroid dienone is 1. The number of anilines is 6. The molecular formula is C60H52N4. The second-order valence-electron chi connectivity index (χ2n) is 18.9. The van der Waals surface area contributed by atoms with Crippen LogP contribution in [-0.2, 0) is 11.8 Å². The summed E-state index contributed by atoms with van der Waals surface area (Å²) in [6, 6.07) is 63.6. The van der Waals surface area contributed by atoms with Gasteiger partial charge >= 0.3 is 0 Å². The van der Waals surface area contributed by atoms with Crippen LogP contribution in [-0.4, -0.2) is 0 Å². The number of fused-ring (bicyclic) bond motifs is 7. The van der Waals surface area contributed by atoms with Crippen molar-refractivity contribution in [2.45, 2.75) is 53.4 Å². The number of hydrogen-bond acceptors (Lipinski definition) is 4. The third kappa shape index (κ3) is 6.84. The Morgan fingerprint density at radius 2 is 0.969 bits per heavy atom. The molecule has 1 aliphatic carbocycles. The van der Waals surface area contributed by atoms with Crippen LogP contribution in [0.3, 0.4) is 0 Å². The molecule has 0 atom stereocenters. The maximum atomic E-state index is 10.3. The SMILES string of the molecule is C=C1/C=c2/cc(N(c3ccccc3)c3ccccc3C#N)cc/c2=C/Cc2c(c3ccc(N(c4ccccc4)c4ccccc4C#N)cc3c3ccccc23)C1(C(C)(C)C)C(C)(C)C. The first-order valence-electron chi connectivity index (χ1n) is 22.0. The van der Waals surface area contributed by atoms with Crippen LogP contribution in [0.5, 0.6) is 0 Å². The largest absolute Gasteiger partial charge is 0.309 e. The minimum atomic E-state index is -0.580. The van der Waals surface area contributed by atoms with Gasteiger partial charge in [0.2, 0.25) is 0 Å². The molecule has 8 aromatic rings. The van der Waals surface area contributed by atoms with E-state index in [2.05, 4.69) is 161 Å². The molecule has 312 valence electrons. The Morgan fingerprint density at radius 3 is 1.52 bits per heavy atom. The Morgan fingerprint density at radius 1 is 0.484 bits per heavy atom. The highest BCUT2D eigenvalue weighted by Gasteiger charge is 2.55. The van der Waals surface area contributed by atoms with Crippen molar-refractivity contribution < 1.29 is 0 Å². The summed E-state index contributed by atoms with van der Waals surface area (Å²) in [6.45, 7) is 19.4. The molecular weight excluding hydrogens is 777 g/mol. The molecule has 0 bridgehead atoms. The average Bonchev–Trinajstić information content (AvgIpc) is 3.35. The molecule has 0 radical (unpaired) electrons. The fourth-order valence-electron chi connectivity index (χ4n) is 11.1. The zero-order valence-corrected chi connectivity index (χ0v) is 37.5. The van der Waals surface area contributed by atoms with Gasteiger partial charge in [-0.15, -0.1) is 0 Å². The molecule has 0 amide bonds. The zero-order chi connectivity index (χ0) is 44.8. The van der Waals surface area contributed by atoms with Gasteiger partial charge in [-0.1, -0.05) is 157 Å². The number of para-hydroxylation sites is 4. The molecule has 0 saturated heterocycles. The fraction of sp³-hybridized carbons (Fsp3) is 0.167. The Kier molecular flexibility index (Phi) is 10.6. The Hall–Kier alpha value is -7.66. The summed E-state index contributed by atoms with van der Waals surface area (Å²) >= 11 is 0. The molecule has 1 aliphatic rings. The maximum absolute atomic E-state index is 10.3. The van der Waals surface area contributed by atoms with Crippen LogP contribution in [0.2, 0.25) is 0 Å². The number of nitrogens with zero attached hydrogens (tertiary/aromatic N) is 4. The first-order chi connectivity index (χ1) is 30.9. The molecule has 8 aromatic carbocycles. The van der Waals surface area contributed by atoms with Gasteiger partial charge in [0.05, 0.1) is 22.5 Å². The normalized spacial score (nSPS) is 14.5. The van der Waals surface area contributed by atoms with E-state index in [0.717, 1.165) is 55.5 Å². The molecule has 0 saturated carbocycles. The number of nitriles is 2. The monoisotopic (exact) mass is 828 g/mol. The van der Waals surface area contributed by atoms with Gasteiger partial charge in [0.15, 0.2) is 0 Å². The molecule has 9 rings (SSSR count). The van der Waals surface area contributed by atoms with Crippen LogP contribution in [0.4, 0.5) is 34.1 Å². The van der Waals surface area contributed by atoms with Crippen molar-refractivity contribution in [3.05, 3.63) is 215 Å². The topological polar surface area (TPSA) is 54.1 Å². The molecule has 0 spiro atoms. The third-order valence-electron chi connectivity index (χ3n) is 13.2. The van der Waals surface area contributed by atoms with Gasteiger partial charge in [-0.05, 0) is 139 Å². The molecule has 0 unspecified atom stereocenters. The molecule has 0 aliphatic heterocycles. The van der Waals surface area contributed by atoms with E-state index in [9.17, 15) is 10.5 Å². The molecule has 0 aromatic heterocycles. The van der Waals surface area contributed by atoms with Gasteiger partial charge in [-0.2, -0.15) is 10.5 Å². The first kappa shape index (κ1) is 41.7. The minimum Gasteiger partial charge on any atom is -0.309 e. The Labute approximate surface area is 377 Å². The highest BCUT2D eigenvalue weighted by atomic mass is 15.1. The van der Waals surface area contributed by atoms with E-state index in [0.29, 0.717) is 17.5 Å². The van der Waals surface area contributed by atoms with E-state index in [1.165, 1.54) is 27.3 Å². The van der Waals surface area contributed by atoms with Crippen molar-refractivity contribution in [2.24, 2.45) is 10.8 Å². The third-order valence-corrected chi connectivity index (χ3v) is 13.2. The molecule has 0 fully saturated rings. The van der Waals surface area contributed by atoms with E-state index < -0.39 is 5.41 Å². The van der Waals surface area contributed by atoms with Crippen molar-refractivity contribution >= 4 is 67.8 Å². The van der Waals surface area contributed by atoms with Crippen molar-refractivity contribution in [2.75, 3.05) is 9.80 Å². The van der Waals surface area contributed by atoms with Crippen molar-refractivity contribution in [1.82, 2.24) is 0 Å². The summed E-state index contributed by atoms with van der Waals surface area (Å²) in [5.74, 6) is 0. The Bertz CT molecular complexity index is 3300. The van der Waals surface area contributed by atoms with Gasteiger partial charge in [-0.25, -0.2) is 0 Å². The lowest BCUT2D eigenvalue weighted by Crippen LogP contribution is -2.52. The highest BCUT2D eigenvalue weighted by molar-refractivity contribution is 6.13. The summed E-state index contributed by atoms with van der Waals surface area (Å²) in [5, 5.41) is 27.6.